The highest BCUT2D eigenvalue weighted by Gasteiger charge is 2.41. The van der Waals surface area contributed by atoms with E-state index in [4.69, 9.17) is 11.5 Å². The van der Waals surface area contributed by atoms with Crippen LogP contribution in [-0.4, -0.2) is 163 Å². The molecule has 1 aromatic heterocycles. The van der Waals surface area contributed by atoms with Crippen LogP contribution in [0.5, 0.6) is 0 Å². The number of nitrogens with one attached hydrogen (secondary N) is 8. The summed E-state index contributed by atoms with van der Waals surface area (Å²) in [7, 11) is 0. The molecule has 2 heterocycles. The van der Waals surface area contributed by atoms with E-state index >= 15 is 0 Å². The Morgan fingerprint density at radius 1 is 0.711 bits per heavy atom. The average Bonchev–Trinajstić information content (AvgIpc) is 4.09. The van der Waals surface area contributed by atoms with Crippen LogP contribution in [0.4, 0.5) is 0 Å². The van der Waals surface area contributed by atoms with Crippen molar-refractivity contribution in [2.45, 2.75) is 160 Å². The van der Waals surface area contributed by atoms with Crippen molar-refractivity contribution in [3.8, 4) is 0 Å². The number of aliphatic hydroxyl groups excluding tert-OH is 1. The van der Waals surface area contributed by atoms with Crippen molar-refractivity contribution < 1.29 is 68.1 Å². The smallest absolute Gasteiger partial charge is 0.326 e. The van der Waals surface area contributed by atoms with Gasteiger partial charge in [-0.3, -0.25) is 47.9 Å². The second kappa shape index (κ2) is 30.8. The number of nitrogens with zero attached hydrogens (tertiary/aromatic N) is 2. The minimum atomic E-state index is -1.94. The van der Waals surface area contributed by atoms with Crippen LogP contribution in [0, 0.1) is 17.8 Å². The van der Waals surface area contributed by atoms with Gasteiger partial charge >= 0.3 is 11.9 Å². The van der Waals surface area contributed by atoms with Crippen LogP contribution in [0.2, 0.25) is 0 Å². The zero-order valence-electron chi connectivity index (χ0n) is 43.8. The normalized spacial score (nSPS) is 17.2. The third-order valence-corrected chi connectivity index (χ3v) is 13.1. The number of aliphatic carboxylic acids is 2. The molecule has 0 radical (unpaired) electrons. The van der Waals surface area contributed by atoms with Gasteiger partial charge in [0, 0.05) is 31.3 Å². The molecule has 1 aliphatic rings. The van der Waals surface area contributed by atoms with E-state index < -0.39 is 157 Å². The number of aliphatic hydroxyl groups is 1. The summed E-state index contributed by atoms with van der Waals surface area (Å²) in [6, 6.07) is -3.82. The Balaban J connectivity index is 1.83. The first-order valence-corrected chi connectivity index (χ1v) is 25.4. The SMILES string of the molecule is CC[C@H](C)[C@H](NC(=O)[C@@H]1CCCN1C(=O)[C@H](CCC(N)=O)NC(=O)[C@H](CO)NC(=O)[C@H](CC(=O)O)NC(=O)[C@H](CC(C)C)NC(=O)[C@H](Cc1cnc[nH]1)NC(=O)[C@@H](NC(=O)[C@@H](N)Cc1ccccc1)[C@@H](C)CC)C(=O)O. The third-order valence-electron chi connectivity index (χ3n) is 13.1. The molecule has 9 amide bonds. The van der Waals surface area contributed by atoms with E-state index in [1.165, 1.54) is 12.5 Å². The first kappa shape index (κ1) is 62.8. The topological polar surface area (TPSA) is 417 Å². The summed E-state index contributed by atoms with van der Waals surface area (Å²) < 4.78 is 0. The summed E-state index contributed by atoms with van der Waals surface area (Å²) in [4.78, 5) is 154. The highest BCUT2D eigenvalue weighted by molar-refractivity contribution is 5.99. The number of primary amides is 1. The minimum Gasteiger partial charge on any atom is -0.481 e. The molecule has 11 atom stereocenters. The summed E-state index contributed by atoms with van der Waals surface area (Å²) in [5.74, 6) is -12.3. The number of rotatable bonds is 32. The van der Waals surface area contributed by atoms with Crippen LogP contribution in [0.3, 0.4) is 0 Å². The molecule has 1 saturated heterocycles. The Bertz CT molecular complexity index is 2320. The van der Waals surface area contributed by atoms with Gasteiger partial charge in [0.05, 0.1) is 25.4 Å². The third kappa shape index (κ3) is 19.7. The molecule has 26 heteroatoms. The fourth-order valence-corrected chi connectivity index (χ4v) is 8.36. The van der Waals surface area contributed by atoms with E-state index in [1.807, 2.05) is 6.07 Å². The molecule has 0 bridgehead atoms. The molecule has 0 unspecified atom stereocenters. The first-order chi connectivity index (χ1) is 35.9. The van der Waals surface area contributed by atoms with Gasteiger partial charge < -0.3 is 73.9 Å². The minimum absolute atomic E-state index is 0.0132. The number of H-pyrrole nitrogens is 1. The molecule has 0 spiro atoms. The fourth-order valence-electron chi connectivity index (χ4n) is 8.36. The number of nitrogens with two attached hydrogens (primary N) is 2. The van der Waals surface area contributed by atoms with Crippen molar-refractivity contribution >= 4 is 65.1 Å². The summed E-state index contributed by atoms with van der Waals surface area (Å²) in [5, 5.41) is 47.2. The monoisotopic (exact) mass is 1070 g/mol. The Labute approximate surface area is 440 Å². The van der Waals surface area contributed by atoms with Gasteiger partial charge in [-0.1, -0.05) is 84.7 Å². The molecule has 0 aliphatic carbocycles. The molecule has 15 N–H and O–H groups in total. The van der Waals surface area contributed by atoms with E-state index in [0.29, 0.717) is 25.0 Å². The number of hydrogen-bond acceptors (Lipinski definition) is 14. The van der Waals surface area contributed by atoms with E-state index in [0.717, 1.165) is 10.5 Å². The number of carbonyl (C=O) groups is 11. The maximum atomic E-state index is 14.2. The maximum absolute atomic E-state index is 14.2. The number of aromatic nitrogens is 2. The lowest BCUT2D eigenvalue weighted by Gasteiger charge is -2.31. The number of carbonyl (C=O) groups excluding carboxylic acids is 9. The van der Waals surface area contributed by atoms with Gasteiger partial charge in [0.1, 0.15) is 48.3 Å². The second-order valence-corrected chi connectivity index (χ2v) is 19.6. The van der Waals surface area contributed by atoms with Gasteiger partial charge in [0.25, 0.3) is 0 Å². The summed E-state index contributed by atoms with van der Waals surface area (Å²) in [5.41, 5.74) is 12.8. The lowest BCUT2D eigenvalue weighted by molar-refractivity contribution is -0.146. The van der Waals surface area contributed by atoms with E-state index in [1.54, 1.807) is 65.8 Å². The van der Waals surface area contributed by atoms with Crippen molar-refractivity contribution in [1.29, 1.82) is 0 Å². The molecule has 3 rings (SSSR count). The van der Waals surface area contributed by atoms with Gasteiger partial charge in [-0.2, -0.15) is 0 Å². The number of amides is 9. The van der Waals surface area contributed by atoms with Crippen LogP contribution in [0.25, 0.3) is 0 Å². The van der Waals surface area contributed by atoms with Crippen LogP contribution in [-0.2, 0) is 65.6 Å². The molecular weight excluding hydrogens is 993 g/mol. The molecular formula is C50H76N12O14. The van der Waals surface area contributed by atoms with Crippen molar-refractivity contribution in [1.82, 2.24) is 52.1 Å². The van der Waals surface area contributed by atoms with Crippen LogP contribution in [0.15, 0.2) is 42.9 Å². The van der Waals surface area contributed by atoms with E-state index in [-0.39, 0.29) is 38.1 Å². The lowest BCUT2D eigenvalue weighted by atomic mass is 9.96. The molecule has 420 valence electrons. The van der Waals surface area contributed by atoms with Gasteiger partial charge in [0.15, 0.2) is 0 Å². The zero-order valence-corrected chi connectivity index (χ0v) is 43.8. The Morgan fingerprint density at radius 3 is 1.84 bits per heavy atom. The molecule has 2 aromatic rings. The highest BCUT2D eigenvalue weighted by atomic mass is 16.4. The van der Waals surface area contributed by atoms with Gasteiger partial charge in [0.2, 0.25) is 53.2 Å². The number of benzene rings is 1. The highest BCUT2D eigenvalue weighted by Crippen LogP contribution is 2.21. The number of carboxylic acid groups (broad SMARTS) is 2. The first-order valence-electron chi connectivity index (χ1n) is 25.4. The van der Waals surface area contributed by atoms with Crippen molar-refractivity contribution in [3.63, 3.8) is 0 Å². The largest absolute Gasteiger partial charge is 0.481 e. The van der Waals surface area contributed by atoms with Gasteiger partial charge in [-0.05, 0) is 55.4 Å². The van der Waals surface area contributed by atoms with Crippen molar-refractivity contribution in [2.24, 2.45) is 29.2 Å². The standard InChI is InChI=1S/C50H76N12O14/c1-7-27(5)40(60-42(67)31(51)20-29-13-10-9-11-14-29)48(73)58-34(21-30-23-53-25-54-30)44(69)56-33(19-26(3)4)43(68)57-35(22-39(65)66)45(70)59-36(24-63)46(71)55-32(16-17-38(52)64)49(74)62-18-12-15-37(62)47(72)61-41(50(75)76)28(6)8-2/h9-11,13-14,23,25-28,31-37,40-41,63H,7-8,12,15-22,24,51H2,1-6H3,(H2,52,64)(H,53,54)(H,55,71)(H,56,69)(H,57,68)(H,58,73)(H,59,70)(H,60,67)(H,61,72)(H,65,66)(H,75,76)/t27-,28-,31-,32-,33-,34-,35-,36-,37-,40-,41-/m0/s1. The summed E-state index contributed by atoms with van der Waals surface area (Å²) >= 11 is 0. The lowest BCUT2D eigenvalue weighted by Crippen LogP contribution is -2.61. The number of aromatic amines is 1. The predicted molar refractivity (Wildman–Crippen MR) is 272 cm³/mol. The van der Waals surface area contributed by atoms with Crippen molar-refractivity contribution in [3.05, 3.63) is 54.1 Å². The average molecular weight is 1070 g/mol. The molecule has 26 nitrogen and oxygen atoms in total. The Hall–Kier alpha value is -7.48. The van der Waals surface area contributed by atoms with E-state index in [9.17, 15) is 68.1 Å². The molecule has 1 aromatic carbocycles. The van der Waals surface area contributed by atoms with Crippen LogP contribution >= 0.6 is 0 Å². The number of hydrogen-bond donors (Lipinski definition) is 13. The number of carboxylic acids is 2. The molecule has 1 fully saturated rings. The quantitative estimate of drug-likeness (QED) is 0.0372. The number of likely N-dealkylation sites (tertiary alicyclic amines) is 1. The molecule has 76 heavy (non-hydrogen) atoms. The van der Waals surface area contributed by atoms with Crippen molar-refractivity contribution in [2.75, 3.05) is 13.2 Å². The van der Waals surface area contributed by atoms with Gasteiger partial charge in [-0.15, -0.1) is 0 Å². The summed E-state index contributed by atoms with van der Waals surface area (Å²) in [6.45, 7) is 9.23. The summed E-state index contributed by atoms with van der Waals surface area (Å²) in [6.07, 6.45) is 2.11. The van der Waals surface area contributed by atoms with Gasteiger partial charge in [-0.25, -0.2) is 9.78 Å². The van der Waals surface area contributed by atoms with E-state index in [2.05, 4.69) is 47.2 Å². The second-order valence-electron chi connectivity index (χ2n) is 19.6. The Morgan fingerprint density at radius 2 is 1.28 bits per heavy atom. The van der Waals surface area contributed by atoms with Crippen LogP contribution in [0.1, 0.15) is 104 Å². The number of imidazole rings is 1. The fraction of sp³-hybridized carbons (Fsp3) is 0.600. The van der Waals surface area contributed by atoms with Crippen LogP contribution < -0.4 is 48.7 Å². The molecule has 1 aliphatic heterocycles. The maximum Gasteiger partial charge on any atom is 0.326 e. The zero-order chi connectivity index (χ0) is 56.8. The Kier molecular flexibility index (Phi) is 25.4. The molecule has 0 saturated carbocycles. The predicted octanol–water partition coefficient (Wildman–Crippen LogP) is -2.14.